The van der Waals surface area contributed by atoms with E-state index in [1.165, 1.54) is 6.07 Å². The van der Waals surface area contributed by atoms with Crippen LogP contribution in [-0.4, -0.2) is 22.9 Å². The van der Waals surface area contributed by atoms with Crippen LogP contribution in [0.4, 0.5) is 17.1 Å². The predicted octanol–water partition coefficient (Wildman–Crippen LogP) is 8.49. The molecule has 0 fully saturated rings. The van der Waals surface area contributed by atoms with Crippen molar-refractivity contribution in [1.82, 2.24) is 9.97 Å². The lowest BCUT2D eigenvalue weighted by molar-refractivity contribution is 0.307. The van der Waals surface area contributed by atoms with E-state index in [1.54, 1.807) is 60.3 Å². The van der Waals surface area contributed by atoms with Gasteiger partial charge in [-0.2, -0.15) is 8.42 Å². The molecule has 0 aliphatic heterocycles. The number of hydrogen-bond donors (Lipinski definition) is 2. The second kappa shape index (κ2) is 11.1. The first kappa shape index (κ1) is 27.6. The summed E-state index contributed by atoms with van der Waals surface area (Å²) >= 11 is 1.68. The van der Waals surface area contributed by atoms with Crippen molar-refractivity contribution >= 4 is 69.5 Å². The highest BCUT2D eigenvalue weighted by molar-refractivity contribution is 7.86. The van der Waals surface area contributed by atoms with Crippen molar-refractivity contribution < 1.29 is 17.7 Å². The van der Waals surface area contributed by atoms with Crippen LogP contribution in [0.5, 0.6) is 5.75 Å². The standard InChI is InChI=1S/C33H23N5O4S2/c34-32-24-9-2-1-8-23(24)30(44(39,40)41)16-27(32)38-37-21-11-13-26(36-18-21)31-28(42-19-20-6-5-15-35-17-20)14-12-25-22-7-3-4-10-29(22)43-33(25)31/h1-18H,19,34H2,(H,39,40,41). The van der Waals surface area contributed by atoms with Crippen molar-refractivity contribution in [3.8, 4) is 17.0 Å². The summed E-state index contributed by atoms with van der Waals surface area (Å²) in [5, 5.41) is 11.5. The minimum atomic E-state index is -4.53. The predicted molar refractivity (Wildman–Crippen MR) is 173 cm³/mol. The molecule has 0 bridgehead atoms. The number of azo groups is 1. The van der Waals surface area contributed by atoms with Crippen LogP contribution in [0, 0.1) is 0 Å². The van der Waals surface area contributed by atoms with Crippen LogP contribution >= 0.6 is 11.3 Å². The summed E-state index contributed by atoms with van der Waals surface area (Å²) in [6, 6.07) is 27.6. The second-order valence-electron chi connectivity index (χ2n) is 9.99. The monoisotopic (exact) mass is 617 g/mol. The van der Waals surface area contributed by atoms with Crippen molar-refractivity contribution in [3.05, 3.63) is 115 Å². The van der Waals surface area contributed by atoms with E-state index < -0.39 is 10.1 Å². The number of pyridine rings is 2. The molecule has 0 atom stereocenters. The molecule has 0 saturated carbocycles. The Labute approximate surface area is 256 Å². The largest absolute Gasteiger partial charge is 0.488 e. The molecule has 0 radical (unpaired) electrons. The maximum atomic E-state index is 12.1. The van der Waals surface area contributed by atoms with Crippen molar-refractivity contribution in [2.24, 2.45) is 10.2 Å². The highest BCUT2D eigenvalue weighted by Gasteiger charge is 2.19. The molecule has 11 heteroatoms. The summed E-state index contributed by atoms with van der Waals surface area (Å²) in [7, 11) is -4.53. The highest BCUT2D eigenvalue weighted by Crippen LogP contribution is 2.44. The van der Waals surface area contributed by atoms with Crippen LogP contribution < -0.4 is 10.5 Å². The van der Waals surface area contributed by atoms with Gasteiger partial charge in [0, 0.05) is 48.9 Å². The van der Waals surface area contributed by atoms with Gasteiger partial charge in [-0.05, 0) is 42.5 Å². The van der Waals surface area contributed by atoms with Gasteiger partial charge in [0.05, 0.1) is 23.1 Å². The lowest BCUT2D eigenvalue weighted by Gasteiger charge is -2.13. The zero-order chi connectivity index (χ0) is 30.3. The topological polar surface area (TPSA) is 140 Å². The Morgan fingerprint density at radius 2 is 1.64 bits per heavy atom. The first-order valence-corrected chi connectivity index (χ1v) is 15.8. The van der Waals surface area contributed by atoms with Gasteiger partial charge < -0.3 is 10.5 Å². The Balaban J connectivity index is 1.27. The van der Waals surface area contributed by atoms with E-state index in [-0.39, 0.29) is 16.3 Å². The van der Waals surface area contributed by atoms with E-state index in [9.17, 15) is 13.0 Å². The molecule has 0 unspecified atom stereocenters. The first-order chi connectivity index (χ1) is 21.4. The van der Waals surface area contributed by atoms with Gasteiger partial charge in [0.2, 0.25) is 0 Å². The number of nitrogen functional groups attached to an aromatic ring is 1. The molecule has 216 valence electrons. The number of thiophene rings is 1. The molecule has 0 amide bonds. The van der Waals surface area contributed by atoms with Crippen LogP contribution in [0.2, 0.25) is 0 Å². The molecular formula is C33H23N5O4S2. The second-order valence-corrected chi connectivity index (χ2v) is 12.4. The zero-order valence-corrected chi connectivity index (χ0v) is 24.6. The molecule has 7 aromatic rings. The third kappa shape index (κ3) is 5.13. The van der Waals surface area contributed by atoms with Gasteiger partial charge in [-0.25, -0.2) is 0 Å². The first-order valence-electron chi connectivity index (χ1n) is 13.5. The molecule has 0 spiro atoms. The number of benzene rings is 4. The molecular weight excluding hydrogens is 595 g/mol. The Bertz CT molecular complexity index is 2320. The maximum absolute atomic E-state index is 12.1. The van der Waals surface area contributed by atoms with Crippen LogP contribution in [0.15, 0.2) is 125 Å². The van der Waals surface area contributed by atoms with Gasteiger partial charge in [0.15, 0.2) is 0 Å². The van der Waals surface area contributed by atoms with Crippen molar-refractivity contribution in [3.63, 3.8) is 0 Å². The van der Waals surface area contributed by atoms with E-state index in [2.05, 4.69) is 33.4 Å². The normalized spacial score (nSPS) is 12.0. The summed E-state index contributed by atoms with van der Waals surface area (Å²) in [5.74, 6) is 0.691. The van der Waals surface area contributed by atoms with E-state index in [0.717, 1.165) is 31.3 Å². The van der Waals surface area contributed by atoms with E-state index >= 15 is 0 Å². The summed E-state index contributed by atoms with van der Waals surface area (Å²) in [6.07, 6.45) is 5.08. The lowest BCUT2D eigenvalue weighted by Crippen LogP contribution is -2.01. The summed E-state index contributed by atoms with van der Waals surface area (Å²) in [4.78, 5) is 8.61. The molecule has 0 aliphatic rings. The van der Waals surface area contributed by atoms with Gasteiger partial charge in [0.25, 0.3) is 10.1 Å². The fourth-order valence-corrected chi connectivity index (χ4v) is 7.10. The van der Waals surface area contributed by atoms with Gasteiger partial charge in [-0.3, -0.25) is 14.5 Å². The fourth-order valence-electron chi connectivity index (χ4n) is 5.13. The molecule has 4 aromatic carbocycles. The number of fused-ring (bicyclic) bond motifs is 4. The third-order valence-corrected chi connectivity index (χ3v) is 9.31. The number of rotatable bonds is 7. The van der Waals surface area contributed by atoms with Crippen LogP contribution in [0.1, 0.15) is 5.56 Å². The summed E-state index contributed by atoms with van der Waals surface area (Å²) in [5.41, 5.74) is 9.60. The van der Waals surface area contributed by atoms with Crippen molar-refractivity contribution in [1.29, 1.82) is 0 Å². The molecule has 3 N–H and O–H groups in total. The molecule has 0 saturated heterocycles. The molecule has 7 rings (SSSR count). The van der Waals surface area contributed by atoms with Crippen molar-refractivity contribution in [2.45, 2.75) is 11.5 Å². The smallest absolute Gasteiger partial charge is 0.295 e. The molecule has 3 aromatic heterocycles. The molecule has 0 aliphatic carbocycles. The Morgan fingerprint density at radius 3 is 2.39 bits per heavy atom. The number of nitrogens with two attached hydrogens (primary N) is 1. The quantitative estimate of drug-likeness (QED) is 0.104. The maximum Gasteiger partial charge on any atom is 0.295 e. The number of nitrogens with zero attached hydrogens (tertiary/aromatic N) is 4. The van der Waals surface area contributed by atoms with Gasteiger partial charge in [-0.1, -0.05) is 48.5 Å². The van der Waals surface area contributed by atoms with Gasteiger partial charge in [-0.15, -0.1) is 21.6 Å². The molecule has 44 heavy (non-hydrogen) atoms. The number of aromatic nitrogens is 2. The van der Waals surface area contributed by atoms with Crippen LogP contribution in [0.3, 0.4) is 0 Å². The average molecular weight is 618 g/mol. The Kier molecular flexibility index (Phi) is 6.97. The molecule has 3 heterocycles. The lowest BCUT2D eigenvalue weighted by atomic mass is 10.0. The summed E-state index contributed by atoms with van der Waals surface area (Å²) in [6.45, 7) is 0.349. The van der Waals surface area contributed by atoms with E-state index in [0.29, 0.717) is 34.5 Å². The third-order valence-electron chi connectivity index (χ3n) is 7.21. The van der Waals surface area contributed by atoms with E-state index in [1.807, 2.05) is 36.4 Å². The number of hydrogen-bond acceptors (Lipinski definition) is 9. The number of anilines is 1. The van der Waals surface area contributed by atoms with Crippen LogP contribution in [0.25, 0.3) is 42.2 Å². The van der Waals surface area contributed by atoms with Crippen molar-refractivity contribution in [2.75, 3.05) is 5.73 Å². The Morgan fingerprint density at radius 1 is 0.841 bits per heavy atom. The zero-order valence-electron chi connectivity index (χ0n) is 23.0. The van der Waals surface area contributed by atoms with Gasteiger partial charge >= 0.3 is 0 Å². The number of ether oxygens (including phenoxy) is 1. The highest BCUT2D eigenvalue weighted by atomic mass is 32.2. The van der Waals surface area contributed by atoms with Gasteiger partial charge in [0.1, 0.15) is 28.6 Å². The SMILES string of the molecule is Nc1c(N=Nc2ccc(-c3c(OCc4cccnc4)ccc4c3sc3ccccc34)nc2)cc(S(=O)(=O)O)c2ccccc12. The minimum Gasteiger partial charge on any atom is -0.488 e. The Hall–Kier alpha value is -5.23. The van der Waals surface area contributed by atoms with E-state index in [4.69, 9.17) is 15.5 Å². The fraction of sp³-hybridized carbons (Fsp3) is 0.0303. The van der Waals surface area contributed by atoms with Crippen LogP contribution in [-0.2, 0) is 16.7 Å². The average Bonchev–Trinajstić information content (AvgIpc) is 3.42. The summed E-state index contributed by atoms with van der Waals surface area (Å²) < 4.78 is 42.5. The molecule has 9 nitrogen and oxygen atoms in total. The minimum absolute atomic E-state index is 0.113.